The van der Waals surface area contributed by atoms with Crippen LogP contribution in [-0.4, -0.2) is 11.8 Å². The molecule has 2 bridgehead atoms. The maximum Gasteiger partial charge on any atom is 0.416 e. The van der Waals surface area contributed by atoms with Gasteiger partial charge in [-0.05, 0) is 32.0 Å². The van der Waals surface area contributed by atoms with Gasteiger partial charge in [0, 0.05) is 11.8 Å². The lowest BCUT2D eigenvalue weighted by Gasteiger charge is -2.21. The van der Waals surface area contributed by atoms with Gasteiger partial charge in [-0.25, -0.2) is 4.90 Å². The van der Waals surface area contributed by atoms with Crippen molar-refractivity contribution >= 4 is 29.1 Å². The number of alkyl halides is 3. The van der Waals surface area contributed by atoms with Crippen LogP contribution in [0.3, 0.4) is 0 Å². The molecular weight excluding hydrogens is 367 g/mol. The summed E-state index contributed by atoms with van der Waals surface area (Å²) in [5.74, 6) is -2.41. The SMILES string of the molecule is CC(C)=C1[C@H]2C=C[C@@H]1[C@H]1C(=O)N(c3cc(C(F)(F)F)ccc3Cl)C(=O)[C@@H]12. The van der Waals surface area contributed by atoms with E-state index < -0.39 is 35.4 Å². The van der Waals surface area contributed by atoms with Crippen molar-refractivity contribution < 1.29 is 22.8 Å². The normalized spacial score (nSPS) is 29.8. The lowest BCUT2D eigenvalue weighted by atomic mass is 9.85. The molecule has 1 saturated heterocycles. The number of carbonyl (C=O) groups is 2. The molecular formula is C19H15ClF3NO2. The molecule has 1 aromatic rings. The molecule has 136 valence electrons. The molecule has 1 aromatic carbocycles. The van der Waals surface area contributed by atoms with Crippen LogP contribution in [0.15, 0.2) is 41.5 Å². The molecule has 1 aliphatic heterocycles. The Kier molecular flexibility index (Phi) is 3.64. The predicted octanol–water partition coefficient (Wildman–Crippen LogP) is 4.62. The first-order valence-corrected chi connectivity index (χ1v) is 8.61. The van der Waals surface area contributed by atoms with E-state index in [4.69, 9.17) is 11.6 Å². The van der Waals surface area contributed by atoms with E-state index in [2.05, 4.69) is 0 Å². The molecule has 3 nitrogen and oxygen atoms in total. The lowest BCUT2D eigenvalue weighted by Crippen LogP contribution is -2.33. The fourth-order valence-corrected chi connectivity index (χ4v) is 4.73. The quantitative estimate of drug-likeness (QED) is 0.526. The molecule has 7 heteroatoms. The van der Waals surface area contributed by atoms with Gasteiger partial charge in [-0.1, -0.05) is 34.9 Å². The van der Waals surface area contributed by atoms with Crippen LogP contribution in [0.2, 0.25) is 5.02 Å². The number of benzene rings is 1. The largest absolute Gasteiger partial charge is 0.416 e. The average Bonchev–Trinajstić information content (AvgIpc) is 3.18. The summed E-state index contributed by atoms with van der Waals surface area (Å²) >= 11 is 6.04. The van der Waals surface area contributed by atoms with Gasteiger partial charge in [0.1, 0.15) is 0 Å². The molecule has 1 heterocycles. The summed E-state index contributed by atoms with van der Waals surface area (Å²) in [6.07, 6.45) is -0.732. The van der Waals surface area contributed by atoms with E-state index in [1.54, 1.807) is 0 Å². The van der Waals surface area contributed by atoms with Gasteiger partial charge in [0.25, 0.3) is 0 Å². The van der Waals surface area contributed by atoms with Crippen LogP contribution >= 0.6 is 11.6 Å². The van der Waals surface area contributed by atoms with E-state index in [0.29, 0.717) is 0 Å². The first-order valence-electron chi connectivity index (χ1n) is 8.23. The van der Waals surface area contributed by atoms with Crippen molar-refractivity contribution in [1.29, 1.82) is 0 Å². The zero-order valence-electron chi connectivity index (χ0n) is 14.0. The number of allylic oxidation sites excluding steroid dienone is 4. The Morgan fingerprint density at radius 1 is 1.04 bits per heavy atom. The number of anilines is 1. The summed E-state index contributed by atoms with van der Waals surface area (Å²) in [7, 11) is 0. The summed E-state index contributed by atoms with van der Waals surface area (Å²) in [6, 6.07) is 2.68. The van der Waals surface area contributed by atoms with E-state index in [1.807, 2.05) is 26.0 Å². The number of fused-ring (bicyclic) bond motifs is 5. The van der Waals surface area contributed by atoms with Crippen LogP contribution < -0.4 is 4.90 Å². The molecule has 0 spiro atoms. The van der Waals surface area contributed by atoms with Crippen molar-refractivity contribution in [3.05, 3.63) is 52.1 Å². The summed E-state index contributed by atoms with van der Waals surface area (Å²) in [6.45, 7) is 3.89. The second kappa shape index (κ2) is 5.46. The molecule has 1 saturated carbocycles. The highest BCUT2D eigenvalue weighted by molar-refractivity contribution is 6.36. The van der Waals surface area contributed by atoms with Crippen molar-refractivity contribution in [1.82, 2.24) is 0 Å². The maximum absolute atomic E-state index is 13.0. The highest BCUT2D eigenvalue weighted by Crippen LogP contribution is 2.57. The van der Waals surface area contributed by atoms with Crippen molar-refractivity contribution in [2.75, 3.05) is 4.90 Å². The maximum atomic E-state index is 13.0. The zero-order chi connectivity index (χ0) is 19.0. The number of hydrogen-bond donors (Lipinski definition) is 0. The van der Waals surface area contributed by atoms with E-state index in [0.717, 1.165) is 34.2 Å². The van der Waals surface area contributed by atoms with Gasteiger partial charge < -0.3 is 0 Å². The summed E-state index contributed by atoms with van der Waals surface area (Å²) < 4.78 is 39.1. The number of nitrogens with zero attached hydrogens (tertiary/aromatic N) is 1. The number of halogens is 4. The molecule has 2 aliphatic carbocycles. The average molecular weight is 382 g/mol. The Labute approximate surface area is 153 Å². The van der Waals surface area contributed by atoms with Crippen molar-refractivity contribution in [2.24, 2.45) is 23.7 Å². The lowest BCUT2D eigenvalue weighted by molar-refractivity contribution is -0.137. The Hall–Kier alpha value is -2.08. The van der Waals surface area contributed by atoms with Gasteiger partial charge >= 0.3 is 6.18 Å². The zero-order valence-corrected chi connectivity index (χ0v) is 14.7. The number of rotatable bonds is 1. The minimum absolute atomic E-state index is 0.0533. The smallest absolute Gasteiger partial charge is 0.274 e. The number of carbonyl (C=O) groups excluding carboxylic acids is 2. The fraction of sp³-hybridized carbons (Fsp3) is 0.368. The molecule has 0 aromatic heterocycles. The number of imide groups is 1. The first kappa shape index (κ1) is 17.3. The predicted molar refractivity (Wildman–Crippen MR) is 90.4 cm³/mol. The molecule has 0 N–H and O–H groups in total. The molecule has 3 aliphatic rings. The minimum Gasteiger partial charge on any atom is -0.274 e. The van der Waals surface area contributed by atoms with Gasteiger partial charge in [-0.3, -0.25) is 9.59 Å². The molecule has 26 heavy (non-hydrogen) atoms. The number of hydrogen-bond acceptors (Lipinski definition) is 2. The molecule has 4 atom stereocenters. The molecule has 2 amide bonds. The van der Waals surface area contributed by atoms with Crippen LogP contribution in [0.5, 0.6) is 0 Å². The third-order valence-corrected chi connectivity index (χ3v) is 5.83. The molecule has 0 radical (unpaired) electrons. The fourth-order valence-electron chi connectivity index (χ4n) is 4.53. The van der Waals surface area contributed by atoms with Gasteiger partial charge in [-0.2, -0.15) is 13.2 Å². The summed E-state index contributed by atoms with van der Waals surface area (Å²) in [4.78, 5) is 26.8. The van der Waals surface area contributed by atoms with E-state index in [1.165, 1.54) is 0 Å². The Balaban J connectivity index is 1.78. The Morgan fingerprint density at radius 3 is 2.04 bits per heavy atom. The van der Waals surface area contributed by atoms with E-state index in [-0.39, 0.29) is 22.5 Å². The topological polar surface area (TPSA) is 37.4 Å². The molecule has 4 rings (SSSR count). The minimum atomic E-state index is -4.59. The third-order valence-electron chi connectivity index (χ3n) is 5.51. The van der Waals surface area contributed by atoms with Gasteiger partial charge in [0.05, 0.1) is 28.1 Å². The molecule has 2 fully saturated rings. The van der Waals surface area contributed by atoms with Crippen LogP contribution in [0.25, 0.3) is 0 Å². The van der Waals surface area contributed by atoms with Crippen LogP contribution in [0.4, 0.5) is 18.9 Å². The van der Waals surface area contributed by atoms with Gasteiger partial charge in [0.15, 0.2) is 0 Å². The van der Waals surface area contributed by atoms with Crippen molar-refractivity contribution in [2.45, 2.75) is 20.0 Å². The summed E-state index contributed by atoms with van der Waals surface area (Å²) in [5.41, 5.74) is 1.02. The monoisotopic (exact) mass is 381 g/mol. The van der Waals surface area contributed by atoms with Crippen molar-refractivity contribution in [3.63, 3.8) is 0 Å². The van der Waals surface area contributed by atoms with Crippen LogP contribution in [0, 0.1) is 23.7 Å². The molecule has 0 unspecified atom stereocenters. The van der Waals surface area contributed by atoms with Gasteiger partial charge in [0.2, 0.25) is 11.8 Å². The summed E-state index contributed by atoms with van der Waals surface area (Å²) in [5, 5.41) is -0.0533. The standard InChI is InChI=1S/C19H15ClF3NO2/c1-8(2)14-10-4-5-11(14)16-15(10)17(25)24(18(16)26)13-7-9(19(21,22)23)3-6-12(13)20/h3-7,10-11,15-16H,1-2H3/t10-,11+,15-,16-/m1/s1. The highest BCUT2D eigenvalue weighted by atomic mass is 35.5. The Bertz CT molecular complexity index is 865. The van der Waals surface area contributed by atoms with E-state index >= 15 is 0 Å². The van der Waals surface area contributed by atoms with E-state index in [9.17, 15) is 22.8 Å². The first-order chi connectivity index (χ1) is 12.1. The Morgan fingerprint density at radius 2 is 1.58 bits per heavy atom. The van der Waals surface area contributed by atoms with Crippen molar-refractivity contribution in [3.8, 4) is 0 Å². The number of amides is 2. The highest BCUT2D eigenvalue weighted by Gasteiger charge is 2.62. The third kappa shape index (κ3) is 2.21. The van der Waals surface area contributed by atoms with Crippen LogP contribution in [-0.2, 0) is 15.8 Å². The van der Waals surface area contributed by atoms with Gasteiger partial charge in [-0.15, -0.1) is 0 Å². The second-order valence-electron chi connectivity index (χ2n) is 7.12. The second-order valence-corrected chi connectivity index (χ2v) is 7.53. The van der Waals surface area contributed by atoms with Crippen LogP contribution in [0.1, 0.15) is 19.4 Å².